The molecule has 0 saturated heterocycles. The molecule has 0 spiro atoms. The second-order valence-electron chi connectivity index (χ2n) is 5.18. The van der Waals surface area contributed by atoms with E-state index in [9.17, 15) is 4.79 Å². The Morgan fingerprint density at radius 3 is 2.70 bits per heavy atom. The number of amides is 2. The van der Waals surface area contributed by atoms with E-state index < -0.39 is 0 Å². The standard InChI is InChI=1S/C15H21ClN2O2/c1-18(12-6-4-3-5-7-12)15(19)17-13-10-11(16)8-9-14(13)20-2/h8-10,12H,3-7H2,1-2H3,(H,17,19). The summed E-state index contributed by atoms with van der Waals surface area (Å²) in [5.74, 6) is 0.611. The third-order valence-corrected chi connectivity index (χ3v) is 4.08. The van der Waals surface area contributed by atoms with Crippen molar-refractivity contribution in [2.75, 3.05) is 19.5 Å². The van der Waals surface area contributed by atoms with Crippen LogP contribution in [0.3, 0.4) is 0 Å². The lowest BCUT2D eigenvalue weighted by atomic mass is 9.95. The maximum atomic E-state index is 12.3. The van der Waals surface area contributed by atoms with E-state index >= 15 is 0 Å². The summed E-state index contributed by atoms with van der Waals surface area (Å²) >= 11 is 5.97. The number of anilines is 1. The normalized spacial score (nSPS) is 15.8. The summed E-state index contributed by atoms with van der Waals surface area (Å²) < 4.78 is 5.23. The van der Waals surface area contributed by atoms with Crippen LogP contribution in [0.2, 0.25) is 5.02 Å². The van der Waals surface area contributed by atoms with Gasteiger partial charge in [0.1, 0.15) is 5.75 Å². The Hall–Kier alpha value is -1.42. The van der Waals surface area contributed by atoms with Crippen molar-refractivity contribution >= 4 is 23.3 Å². The van der Waals surface area contributed by atoms with Gasteiger partial charge in [-0.3, -0.25) is 0 Å². The average Bonchev–Trinajstić information content (AvgIpc) is 2.47. The van der Waals surface area contributed by atoms with Crippen molar-refractivity contribution in [2.45, 2.75) is 38.1 Å². The van der Waals surface area contributed by atoms with Gasteiger partial charge in [0.05, 0.1) is 12.8 Å². The van der Waals surface area contributed by atoms with Crippen molar-refractivity contribution in [3.63, 3.8) is 0 Å². The topological polar surface area (TPSA) is 41.6 Å². The number of hydrogen-bond acceptors (Lipinski definition) is 2. The molecular formula is C15H21ClN2O2. The van der Waals surface area contributed by atoms with Crippen molar-refractivity contribution in [1.29, 1.82) is 0 Å². The van der Waals surface area contributed by atoms with Gasteiger partial charge in [-0.25, -0.2) is 4.79 Å². The highest BCUT2D eigenvalue weighted by Gasteiger charge is 2.22. The second kappa shape index (κ2) is 6.84. The molecule has 0 aliphatic heterocycles. The van der Waals surface area contributed by atoms with E-state index in [-0.39, 0.29) is 6.03 Å². The van der Waals surface area contributed by atoms with Crippen LogP contribution in [0, 0.1) is 0 Å². The fourth-order valence-electron chi connectivity index (χ4n) is 2.62. The van der Waals surface area contributed by atoms with Crippen LogP contribution < -0.4 is 10.1 Å². The van der Waals surface area contributed by atoms with Crippen molar-refractivity contribution < 1.29 is 9.53 Å². The van der Waals surface area contributed by atoms with Crippen LogP contribution in [0.1, 0.15) is 32.1 Å². The number of carbonyl (C=O) groups excluding carboxylic acids is 1. The van der Waals surface area contributed by atoms with Gasteiger partial charge < -0.3 is 15.0 Å². The molecule has 0 bridgehead atoms. The third-order valence-electron chi connectivity index (χ3n) is 3.85. The zero-order chi connectivity index (χ0) is 14.5. The molecule has 1 N–H and O–H groups in total. The molecule has 1 aliphatic rings. The summed E-state index contributed by atoms with van der Waals surface area (Å²) in [6, 6.07) is 5.40. The number of rotatable bonds is 3. The van der Waals surface area contributed by atoms with Gasteiger partial charge in [-0.15, -0.1) is 0 Å². The van der Waals surface area contributed by atoms with Crippen molar-refractivity contribution in [3.05, 3.63) is 23.2 Å². The lowest BCUT2D eigenvalue weighted by Crippen LogP contribution is -2.40. The number of methoxy groups -OCH3 is 1. The Kier molecular flexibility index (Phi) is 5.12. The predicted octanol–water partition coefficient (Wildman–Crippen LogP) is 4.15. The zero-order valence-corrected chi connectivity index (χ0v) is 12.7. The molecule has 1 aromatic carbocycles. The fourth-order valence-corrected chi connectivity index (χ4v) is 2.79. The minimum absolute atomic E-state index is 0.113. The Labute approximate surface area is 125 Å². The summed E-state index contributed by atoms with van der Waals surface area (Å²) in [6.07, 6.45) is 5.83. The molecule has 1 aromatic rings. The van der Waals surface area contributed by atoms with Gasteiger partial charge in [-0.1, -0.05) is 30.9 Å². The van der Waals surface area contributed by atoms with Crippen LogP contribution in [0.25, 0.3) is 0 Å². The van der Waals surface area contributed by atoms with Crippen LogP contribution in [0.15, 0.2) is 18.2 Å². The highest BCUT2D eigenvalue weighted by molar-refractivity contribution is 6.31. The van der Waals surface area contributed by atoms with Crippen molar-refractivity contribution in [1.82, 2.24) is 4.90 Å². The highest BCUT2D eigenvalue weighted by Crippen LogP contribution is 2.28. The molecule has 110 valence electrons. The number of ether oxygens (including phenoxy) is 1. The lowest BCUT2D eigenvalue weighted by Gasteiger charge is -2.31. The molecule has 0 unspecified atom stereocenters. The number of nitrogens with zero attached hydrogens (tertiary/aromatic N) is 1. The van der Waals surface area contributed by atoms with Gasteiger partial charge in [0.2, 0.25) is 0 Å². The summed E-state index contributed by atoms with van der Waals surface area (Å²) in [7, 11) is 3.42. The largest absolute Gasteiger partial charge is 0.495 e. The first-order valence-corrected chi connectivity index (χ1v) is 7.37. The van der Waals surface area contributed by atoms with Gasteiger partial charge in [-0.2, -0.15) is 0 Å². The first-order valence-electron chi connectivity index (χ1n) is 6.99. The number of hydrogen-bond donors (Lipinski definition) is 1. The van der Waals surface area contributed by atoms with Gasteiger partial charge in [0, 0.05) is 18.1 Å². The maximum Gasteiger partial charge on any atom is 0.321 e. The number of nitrogens with one attached hydrogen (secondary N) is 1. The Morgan fingerprint density at radius 1 is 1.35 bits per heavy atom. The molecule has 1 saturated carbocycles. The SMILES string of the molecule is COc1ccc(Cl)cc1NC(=O)N(C)C1CCCCC1. The molecular weight excluding hydrogens is 276 g/mol. The first kappa shape index (κ1) is 15.0. The molecule has 1 aliphatic carbocycles. The van der Waals surface area contributed by atoms with E-state index in [0.29, 0.717) is 22.5 Å². The number of carbonyl (C=O) groups is 1. The molecule has 4 nitrogen and oxygen atoms in total. The van der Waals surface area contributed by atoms with E-state index in [4.69, 9.17) is 16.3 Å². The van der Waals surface area contributed by atoms with Crippen LogP contribution in [-0.4, -0.2) is 31.1 Å². The summed E-state index contributed by atoms with van der Waals surface area (Å²) in [5, 5.41) is 3.45. The van der Waals surface area contributed by atoms with Crippen molar-refractivity contribution in [2.24, 2.45) is 0 Å². The molecule has 0 radical (unpaired) electrons. The van der Waals surface area contributed by atoms with Crippen LogP contribution >= 0.6 is 11.6 Å². The summed E-state index contributed by atoms with van der Waals surface area (Å²) in [5.41, 5.74) is 0.604. The number of benzene rings is 1. The molecule has 2 amide bonds. The maximum absolute atomic E-state index is 12.3. The molecule has 0 heterocycles. The van der Waals surface area contributed by atoms with Gasteiger partial charge >= 0.3 is 6.03 Å². The fraction of sp³-hybridized carbons (Fsp3) is 0.533. The van der Waals surface area contributed by atoms with E-state index in [1.807, 2.05) is 7.05 Å². The molecule has 0 atom stereocenters. The monoisotopic (exact) mass is 296 g/mol. The summed E-state index contributed by atoms with van der Waals surface area (Å²) in [4.78, 5) is 14.1. The number of halogens is 1. The summed E-state index contributed by atoms with van der Waals surface area (Å²) in [6.45, 7) is 0. The average molecular weight is 297 g/mol. The van der Waals surface area contributed by atoms with Crippen LogP contribution in [0.4, 0.5) is 10.5 Å². The highest BCUT2D eigenvalue weighted by atomic mass is 35.5. The first-order chi connectivity index (χ1) is 9.61. The third kappa shape index (κ3) is 3.57. The predicted molar refractivity (Wildman–Crippen MR) is 81.7 cm³/mol. The minimum atomic E-state index is -0.113. The Bertz CT molecular complexity index is 473. The minimum Gasteiger partial charge on any atom is -0.495 e. The molecule has 2 rings (SSSR count). The smallest absolute Gasteiger partial charge is 0.321 e. The van der Waals surface area contributed by atoms with E-state index in [0.717, 1.165) is 12.8 Å². The van der Waals surface area contributed by atoms with Crippen molar-refractivity contribution in [3.8, 4) is 5.75 Å². The Morgan fingerprint density at radius 2 is 2.05 bits per heavy atom. The van der Waals surface area contributed by atoms with E-state index in [1.54, 1.807) is 30.2 Å². The van der Waals surface area contributed by atoms with E-state index in [2.05, 4.69) is 5.32 Å². The molecule has 0 aromatic heterocycles. The van der Waals surface area contributed by atoms with Crippen LogP contribution in [0.5, 0.6) is 5.75 Å². The van der Waals surface area contributed by atoms with Crippen LogP contribution in [-0.2, 0) is 0 Å². The van der Waals surface area contributed by atoms with E-state index in [1.165, 1.54) is 19.3 Å². The quantitative estimate of drug-likeness (QED) is 0.910. The Balaban J connectivity index is 2.05. The number of urea groups is 1. The molecule has 20 heavy (non-hydrogen) atoms. The lowest BCUT2D eigenvalue weighted by molar-refractivity contribution is 0.186. The molecule has 5 heteroatoms. The molecule has 1 fully saturated rings. The zero-order valence-electron chi connectivity index (χ0n) is 12.0. The van der Waals surface area contributed by atoms with Gasteiger partial charge in [0.15, 0.2) is 0 Å². The van der Waals surface area contributed by atoms with Gasteiger partial charge in [-0.05, 0) is 31.0 Å². The second-order valence-corrected chi connectivity index (χ2v) is 5.61. The van der Waals surface area contributed by atoms with Gasteiger partial charge in [0.25, 0.3) is 0 Å².